The monoisotopic (exact) mass is 354 g/mol. The summed E-state index contributed by atoms with van der Waals surface area (Å²) in [5.74, 6) is 0.612. The Hall–Kier alpha value is -2.68. The third-order valence-electron chi connectivity index (χ3n) is 6.95. The highest BCUT2D eigenvalue weighted by atomic mass is 16.1. The van der Waals surface area contributed by atoms with Crippen molar-refractivity contribution in [3.8, 4) is 0 Å². The lowest BCUT2D eigenvalue weighted by atomic mass is 9.61. The van der Waals surface area contributed by atoms with Crippen LogP contribution in [0.2, 0.25) is 0 Å². The Morgan fingerprint density at radius 3 is 2.93 bits per heavy atom. The summed E-state index contributed by atoms with van der Waals surface area (Å²) in [6, 6.07) is 14.8. The van der Waals surface area contributed by atoms with Gasteiger partial charge in [-0.3, -0.25) is 9.48 Å². The summed E-state index contributed by atoms with van der Waals surface area (Å²) in [6.45, 7) is 0.790. The normalized spacial score (nSPS) is 26.0. The van der Waals surface area contributed by atoms with E-state index in [1.165, 1.54) is 40.5 Å². The van der Waals surface area contributed by atoms with Crippen LogP contribution in [0.3, 0.4) is 0 Å². The molecule has 1 spiro atoms. The quantitative estimate of drug-likeness (QED) is 0.663. The summed E-state index contributed by atoms with van der Waals surface area (Å²) in [5, 5.41) is 6.09. The van der Waals surface area contributed by atoms with Crippen LogP contribution in [0, 0.1) is 11.3 Å². The Morgan fingerprint density at radius 1 is 1.15 bits per heavy atom. The van der Waals surface area contributed by atoms with Gasteiger partial charge in [0.15, 0.2) is 5.78 Å². The minimum atomic E-state index is 0.203. The van der Waals surface area contributed by atoms with Gasteiger partial charge in [-0.05, 0) is 60.1 Å². The average Bonchev–Trinajstić information content (AvgIpc) is 3.22. The number of allylic oxidation sites excluding steroid dienone is 2. The fourth-order valence-corrected chi connectivity index (χ4v) is 5.72. The van der Waals surface area contributed by atoms with Crippen molar-refractivity contribution in [2.75, 3.05) is 0 Å². The number of hydrogen-bond donors (Lipinski definition) is 0. The lowest BCUT2D eigenvalue weighted by molar-refractivity contribution is -0.120. The molecule has 2 aromatic carbocycles. The maximum Gasteiger partial charge on any atom is 0.159 e. The van der Waals surface area contributed by atoms with Crippen molar-refractivity contribution in [3.05, 3.63) is 71.4 Å². The molecule has 3 aliphatic rings. The van der Waals surface area contributed by atoms with E-state index in [9.17, 15) is 4.79 Å². The lowest BCUT2D eigenvalue weighted by Gasteiger charge is -2.41. The topological polar surface area (TPSA) is 34.9 Å². The van der Waals surface area contributed by atoms with Gasteiger partial charge in [0.05, 0.1) is 12.1 Å². The first kappa shape index (κ1) is 15.4. The van der Waals surface area contributed by atoms with Gasteiger partial charge in [0.25, 0.3) is 0 Å². The number of fused-ring (bicyclic) bond motifs is 5. The Bertz CT molecular complexity index is 1110. The van der Waals surface area contributed by atoms with Crippen molar-refractivity contribution in [1.82, 2.24) is 9.78 Å². The minimum absolute atomic E-state index is 0.203. The molecule has 3 aliphatic carbocycles. The second kappa shape index (κ2) is 5.41. The second-order valence-corrected chi connectivity index (χ2v) is 8.55. The van der Waals surface area contributed by atoms with E-state index in [-0.39, 0.29) is 11.3 Å². The minimum Gasteiger partial charge on any atom is -0.295 e. The molecule has 3 nitrogen and oxygen atoms in total. The summed E-state index contributed by atoms with van der Waals surface area (Å²) >= 11 is 0. The Morgan fingerprint density at radius 2 is 2.04 bits per heavy atom. The molecule has 3 aromatic rings. The Kier molecular flexibility index (Phi) is 3.09. The molecule has 1 fully saturated rings. The third-order valence-corrected chi connectivity index (χ3v) is 6.95. The van der Waals surface area contributed by atoms with Gasteiger partial charge in [0, 0.05) is 22.9 Å². The molecule has 27 heavy (non-hydrogen) atoms. The molecule has 2 bridgehead atoms. The van der Waals surface area contributed by atoms with Gasteiger partial charge in [0.2, 0.25) is 0 Å². The highest BCUT2D eigenvalue weighted by Crippen LogP contribution is 2.59. The average molecular weight is 354 g/mol. The third kappa shape index (κ3) is 2.21. The summed E-state index contributed by atoms with van der Waals surface area (Å²) in [4.78, 5) is 12.5. The zero-order valence-electron chi connectivity index (χ0n) is 15.3. The standard InChI is InChI=1S/C24H22N2O/c27-23-11-21-18-8-9-22-20(15-26(25-22)14-16-5-2-1-3-6-16)19(18)13-24(21)10-4-7-17(23)12-24/h1-3,5-6,8-9,11,15,17H,4,7,10,12-14H2/t17-,24+/m0/s1. The van der Waals surface area contributed by atoms with Crippen LogP contribution in [0.25, 0.3) is 16.5 Å². The molecule has 0 N–H and O–H groups in total. The number of aromatic nitrogens is 2. The number of rotatable bonds is 2. The van der Waals surface area contributed by atoms with Crippen molar-refractivity contribution in [1.29, 1.82) is 0 Å². The van der Waals surface area contributed by atoms with Crippen molar-refractivity contribution < 1.29 is 4.79 Å². The van der Waals surface area contributed by atoms with Gasteiger partial charge >= 0.3 is 0 Å². The van der Waals surface area contributed by atoms with E-state index in [0.717, 1.165) is 31.3 Å². The first-order valence-corrected chi connectivity index (χ1v) is 10.0. The molecular formula is C24H22N2O. The van der Waals surface area contributed by atoms with Crippen LogP contribution in [0.15, 0.2) is 54.7 Å². The van der Waals surface area contributed by atoms with Crippen LogP contribution in [-0.4, -0.2) is 15.6 Å². The molecule has 0 unspecified atom stereocenters. The molecule has 1 saturated carbocycles. The van der Waals surface area contributed by atoms with Crippen molar-refractivity contribution in [2.45, 2.75) is 38.6 Å². The number of nitrogens with zero attached hydrogens (tertiary/aromatic N) is 2. The smallest absolute Gasteiger partial charge is 0.159 e. The lowest BCUT2D eigenvalue weighted by Crippen LogP contribution is -2.35. The highest BCUT2D eigenvalue weighted by Gasteiger charge is 2.49. The van der Waals surface area contributed by atoms with E-state index in [1.807, 2.05) is 12.1 Å². The second-order valence-electron chi connectivity index (χ2n) is 8.55. The summed E-state index contributed by atoms with van der Waals surface area (Å²) < 4.78 is 2.06. The molecular weight excluding hydrogens is 332 g/mol. The molecule has 3 heteroatoms. The van der Waals surface area contributed by atoms with Gasteiger partial charge in [-0.2, -0.15) is 5.10 Å². The van der Waals surface area contributed by atoms with Crippen LogP contribution in [-0.2, 0) is 17.8 Å². The van der Waals surface area contributed by atoms with E-state index in [0.29, 0.717) is 5.78 Å². The zero-order valence-corrected chi connectivity index (χ0v) is 15.3. The summed E-state index contributed by atoms with van der Waals surface area (Å²) in [5.41, 5.74) is 6.56. The largest absolute Gasteiger partial charge is 0.295 e. The van der Waals surface area contributed by atoms with E-state index in [2.05, 4.69) is 47.3 Å². The Labute approximate surface area is 158 Å². The molecule has 1 aromatic heterocycles. The summed E-state index contributed by atoms with van der Waals surface area (Å²) in [7, 11) is 0. The van der Waals surface area contributed by atoms with Gasteiger partial charge in [-0.1, -0.05) is 42.8 Å². The highest BCUT2D eigenvalue weighted by molar-refractivity contribution is 6.04. The van der Waals surface area contributed by atoms with Crippen molar-refractivity contribution in [2.24, 2.45) is 11.3 Å². The number of hydrogen-bond acceptors (Lipinski definition) is 2. The maximum atomic E-state index is 12.5. The Balaban J connectivity index is 1.46. The molecule has 0 amide bonds. The number of benzene rings is 2. The number of carbonyl (C=O) groups excluding carboxylic acids is 1. The van der Waals surface area contributed by atoms with E-state index < -0.39 is 0 Å². The van der Waals surface area contributed by atoms with Gasteiger partial charge < -0.3 is 0 Å². The van der Waals surface area contributed by atoms with Crippen molar-refractivity contribution in [3.63, 3.8) is 0 Å². The van der Waals surface area contributed by atoms with Crippen LogP contribution >= 0.6 is 0 Å². The number of ketones is 1. The molecule has 134 valence electrons. The zero-order chi connectivity index (χ0) is 18.0. The van der Waals surface area contributed by atoms with Crippen LogP contribution < -0.4 is 0 Å². The van der Waals surface area contributed by atoms with Crippen LogP contribution in [0.5, 0.6) is 0 Å². The van der Waals surface area contributed by atoms with E-state index >= 15 is 0 Å². The fourth-order valence-electron chi connectivity index (χ4n) is 5.72. The molecule has 2 atom stereocenters. The van der Waals surface area contributed by atoms with Gasteiger partial charge in [-0.15, -0.1) is 0 Å². The maximum absolute atomic E-state index is 12.5. The SMILES string of the molecule is O=C1C=C2c3ccc4nn(Cc5ccccc5)cc4c3C[C@]23CCC[C@H]1C3. The first-order chi connectivity index (χ1) is 13.2. The molecule has 0 aliphatic heterocycles. The van der Waals surface area contributed by atoms with Gasteiger partial charge in [-0.25, -0.2) is 0 Å². The predicted octanol–water partition coefficient (Wildman–Crippen LogP) is 4.78. The first-order valence-electron chi connectivity index (χ1n) is 10.0. The molecule has 0 radical (unpaired) electrons. The fraction of sp³-hybridized carbons (Fsp3) is 0.333. The van der Waals surface area contributed by atoms with Gasteiger partial charge in [0.1, 0.15) is 0 Å². The van der Waals surface area contributed by atoms with E-state index in [1.54, 1.807) is 0 Å². The van der Waals surface area contributed by atoms with Crippen molar-refractivity contribution >= 4 is 22.3 Å². The number of carbonyl (C=O) groups is 1. The molecule has 0 saturated heterocycles. The van der Waals surface area contributed by atoms with Crippen LogP contribution in [0.1, 0.15) is 42.4 Å². The summed E-state index contributed by atoms with van der Waals surface area (Å²) in [6.07, 6.45) is 9.79. The molecule has 1 heterocycles. The molecule has 6 rings (SSSR count). The van der Waals surface area contributed by atoms with E-state index in [4.69, 9.17) is 5.10 Å². The van der Waals surface area contributed by atoms with Crippen LogP contribution in [0.4, 0.5) is 0 Å². The predicted molar refractivity (Wildman–Crippen MR) is 106 cm³/mol.